The molecule has 0 bridgehead atoms. The molecule has 0 saturated carbocycles. The molecule has 0 spiro atoms. The second-order valence-electron chi connectivity index (χ2n) is 4.37. The van der Waals surface area contributed by atoms with E-state index in [1.165, 1.54) is 17.3 Å². The van der Waals surface area contributed by atoms with Crippen LogP contribution < -0.4 is 0 Å². The molecule has 1 aliphatic rings. The molecular formula is C16H15BrN2S. The molecule has 1 aliphatic heterocycles. The van der Waals surface area contributed by atoms with Crippen molar-refractivity contribution in [1.82, 2.24) is 0 Å². The topological polar surface area (TPSA) is 36.2 Å². The maximum absolute atomic E-state index is 8.14. The maximum Gasteiger partial charge on any atom is 0.0999 e. The highest BCUT2D eigenvalue weighted by molar-refractivity contribution is 9.10. The lowest BCUT2D eigenvalue weighted by molar-refractivity contribution is 1.21. The summed E-state index contributed by atoms with van der Waals surface area (Å²) in [6, 6.07) is 8.07. The molecule has 102 valence electrons. The average Bonchev–Trinajstić information content (AvgIpc) is 2.63. The highest BCUT2D eigenvalue weighted by Gasteiger charge is 2.07. The Kier molecular flexibility index (Phi) is 5.56. The van der Waals surface area contributed by atoms with Crippen LogP contribution in [0.3, 0.4) is 0 Å². The van der Waals surface area contributed by atoms with E-state index in [1.807, 2.05) is 48.7 Å². The second kappa shape index (κ2) is 7.41. The fourth-order valence-electron chi connectivity index (χ4n) is 1.73. The van der Waals surface area contributed by atoms with Gasteiger partial charge in [-0.1, -0.05) is 51.5 Å². The van der Waals surface area contributed by atoms with E-state index in [-0.39, 0.29) is 0 Å². The summed E-state index contributed by atoms with van der Waals surface area (Å²) in [5, 5.41) is 10.6. The predicted octanol–water partition coefficient (Wildman–Crippen LogP) is 5.43. The zero-order valence-electron chi connectivity index (χ0n) is 11.1. The predicted molar refractivity (Wildman–Crippen MR) is 93.4 cm³/mol. The van der Waals surface area contributed by atoms with Crippen molar-refractivity contribution < 1.29 is 0 Å². The van der Waals surface area contributed by atoms with Crippen molar-refractivity contribution in [2.24, 2.45) is 4.99 Å². The van der Waals surface area contributed by atoms with Gasteiger partial charge < -0.3 is 0 Å². The number of thioether (sulfide) groups is 1. The lowest BCUT2D eigenvalue weighted by Crippen LogP contribution is -1.99. The lowest BCUT2D eigenvalue weighted by Gasteiger charge is -2.04. The van der Waals surface area contributed by atoms with Gasteiger partial charge >= 0.3 is 0 Å². The van der Waals surface area contributed by atoms with Gasteiger partial charge in [0.1, 0.15) is 0 Å². The largest absolute Gasteiger partial charge is 0.293 e. The minimum absolute atomic E-state index is 0.529. The molecule has 0 aromatic heterocycles. The van der Waals surface area contributed by atoms with Crippen molar-refractivity contribution in [3.05, 3.63) is 63.1 Å². The normalized spacial score (nSPS) is 14.9. The molecule has 4 heteroatoms. The van der Waals surface area contributed by atoms with Crippen LogP contribution in [0.25, 0.3) is 6.08 Å². The molecule has 0 radical (unpaired) electrons. The summed E-state index contributed by atoms with van der Waals surface area (Å²) in [7, 11) is 0. The average molecular weight is 347 g/mol. The third-order valence-corrected chi connectivity index (χ3v) is 4.04. The molecule has 0 unspecified atom stereocenters. The van der Waals surface area contributed by atoms with Crippen LogP contribution in [0, 0.1) is 5.41 Å². The smallest absolute Gasteiger partial charge is 0.0999 e. The van der Waals surface area contributed by atoms with Gasteiger partial charge in [-0.05, 0) is 42.5 Å². The minimum Gasteiger partial charge on any atom is -0.293 e. The molecule has 0 amide bonds. The molecule has 0 aliphatic carbocycles. The van der Waals surface area contributed by atoms with Crippen molar-refractivity contribution in [2.75, 3.05) is 0 Å². The van der Waals surface area contributed by atoms with E-state index in [0.717, 1.165) is 22.0 Å². The maximum atomic E-state index is 8.14. The van der Waals surface area contributed by atoms with Crippen LogP contribution in [0.5, 0.6) is 0 Å². The Hall–Kier alpha value is -1.39. The number of halogens is 1. The van der Waals surface area contributed by atoms with Gasteiger partial charge in [-0.2, -0.15) is 0 Å². The summed E-state index contributed by atoms with van der Waals surface area (Å²) < 4.78 is 1.06. The number of benzene rings is 1. The number of hydrogen-bond donors (Lipinski definition) is 1. The highest BCUT2D eigenvalue weighted by atomic mass is 79.9. The third-order valence-electron chi connectivity index (χ3n) is 2.82. The van der Waals surface area contributed by atoms with Crippen molar-refractivity contribution in [2.45, 2.75) is 13.3 Å². The Balaban J connectivity index is 2.02. The van der Waals surface area contributed by atoms with Crippen LogP contribution in [0.1, 0.15) is 18.9 Å². The lowest BCUT2D eigenvalue weighted by atomic mass is 10.1. The molecule has 2 rings (SSSR count). The first kappa shape index (κ1) is 15.0. The van der Waals surface area contributed by atoms with Gasteiger partial charge in [0.2, 0.25) is 0 Å². The Labute approximate surface area is 132 Å². The first-order valence-corrected chi connectivity index (χ1v) is 7.90. The van der Waals surface area contributed by atoms with E-state index in [4.69, 9.17) is 5.41 Å². The van der Waals surface area contributed by atoms with Gasteiger partial charge in [0, 0.05) is 22.5 Å². The number of aliphatic imine (C=N–C) groups is 1. The molecule has 2 nitrogen and oxygen atoms in total. The first-order valence-electron chi connectivity index (χ1n) is 6.22. The Morgan fingerprint density at radius 1 is 1.45 bits per heavy atom. The quantitative estimate of drug-likeness (QED) is 0.574. The van der Waals surface area contributed by atoms with Gasteiger partial charge in [-0.25, -0.2) is 0 Å². The highest BCUT2D eigenvalue weighted by Crippen LogP contribution is 2.20. The number of nitrogens with one attached hydrogen (secondary N) is 1. The standard InChI is InChI=1S/C16H15BrN2S/c1-12-4-3-8-19-11-15(12)16(18)20-9-7-13-5-2-6-14(17)10-13/h2-3,5-11,18H,4H2,1H3/b9-7+,18-16?. The second-order valence-corrected chi connectivity index (χ2v) is 6.20. The van der Waals surface area contributed by atoms with Crippen molar-refractivity contribution in [3.8, 4) is 0 Å². The van der Waals surface area contributed by atoms with Gasteiger partial charge in [0.25, 0.3) is 0 Å². The number of nitrogens with zero attached hydrogens (tertiary/aromatic N) is 1. The minimum atomic E-state index is 0.529. The van der Waals surface area contributed by atoms with E-state index in [1.54, 1.807) is 12.4 Å². The summed E-state index contributed by atoms with van der Waals surface area (Å²) in [6.45, 7) is 2.05. The first-order chi connectivity index (χ1) is 9.66. The third kappa shape index (κ3) is 4.32. The van der Waals surface area contributed by atoms with E-state index in [9.17, 15) is 0 Å². The molecule has 20 heavy (non-hydrogen) atoms. The molecule has 1 aromatic carbocycles. The van der Waals surface area contributed by atoms with Crippen molar-refractivity contribution in [3.63, 3.8) is 0 Å². The molecule has 1 N–H and O–H groups in total. The fraction of sp³-hybridized carbons (Fsp3) is 0.125. The zero-order valence-corrected chi connectivity index (χ0v) is 13.5. The molecule has 1 aromatic rings. The summed E-state index contributed by atoms with van der Waals surface area (Å²) in [6.07, 6.45) is 8.42. The van der Waals surface area contributed by atoms with Gasteiger partial charge in [-0.15, -0.1) is 0 Å². The van der Waals surface area contributed by atoms with Crippen molar-refractivity contribution >= 4 is 45.0 Å². The van der Waals surface area contributed by atoms with Gasteiger partial charge in [0.05, 0.1) is 5.04 Å². The van der Waals surface area contributed by atoms with E-state index in [2.05, 4.69) is 20.9 Å². The molecule has 0 atom stereocenters. The number of allylic oxidation sites excluding steroid dienone is 2. The van der Waals surface area contributed by atoms with Crippen LogP contribution >= 0.6 is 27.7 Å². The molecule has 1 heterocycles. The van der Waals surface area contributed by atoms with E-state index in [0.29, 0.717) is 5.04 Å². The van der Waals surface area contributed by atoms with Gasteiger partial charge in [0.15, 0.2) is 0 Å². The summed E-state index contributed by atoms with van der Waals surface area (Å²) in [4.78, 5) is 4.15. The Morgan fingerprint density at radius 2 is 2.30 bits per heavy atom. The van der Waals surface area contributed by atoms with Crippen LogP contribution in [0.15, 0.2) is 62.6 Å². The molecular weight excluding hydrogens is 332 g/mol. The van der Waals surface area contributed by atoms with Crippen molar-refractivity contribution in [1.29, 1.82) is 5.41 Å². The molecule has 0 saturated heterocycles. The zero-order chi connectivity index (χ0) is 14.4. The van der Waals surface area contributed by atoms with Crippen LogP contribution in [-0.2, 0) is 0 Å². The molecule has 0 fully saturated rings. The van der Waals surface area contributed by atoms with E-state index < -0.39 is 0 Å². The number of rotatable bonds is 3. The monoisotopic (exact) mass is 346 g/mol. The summed E-state index contributed by atoms with van der Waals surface area (Å²) in [5.74, 6) is 0. The summed E-state index contributed by atoms with van der Waals surface area (Å²) in [5.41, 5.74) is 3.20. The van der Waals surface area contributed by atoms with Crippen LogP contribution in [0.2, 0.25) is 0 Å². The summed E-state index contributed by atoms with van der Waals surface area (Å²) >= 11 is 4.85. The van der Waals surface area contributed by atoms with Gasteiger partial charge in [-0.3, -0.25) is 10.4 Å². The SMILES string of the molecule is CC1=C(C(=N)S/C=C/c2cccc(Br)c2)C=NC=CC1. The fourth-order valence-corrected chi connectivity index (χ4v) is 2.87. The number of hydrogen-bond acceptors (Lipinski definition) is 3. The van der Waals surface area contributed by atoms with E-state index >= 15 is 0 Å². The van der Waals surface area contributed by atoms with Crippen LogP contribution in [-0.4, -0.2) is 11.3 Å². The van der Waals surface area contributed by atoms with Crippen LogP contribution in [0.4, 0.5) is 0 Å². The Morgan fingerprint density at radius 3 is 3.10 bits per heavy atom. The Bertz CT molecular complexity index is 627.